The Morgan fingerprint density at radius 3 is 2.12 bits per heavy atom. The second kappa shape index (κ2) is 5.22. The fraction of sp³-hybridized carbons (Fsp3) is 0.375. The molecular formula is C8H7F3N2O3. The molecule has 0 N–H and O–H groups in total. The third kappa shape index (κ3) is 3.66. The summed E-state index contributed by atoms with van der Waals surface area (Å²) >= 11 is 0. The van der Waals surface area contributed by atoms with E-state index >= 15 is 0 Å². The largest absolute Gasteiger partial charge is 0.466 e. The number of ketones is 1. The first-order valence-electron chi connectivity index (χ1n) is 3.84. The lowest BCUT2D eigenvalue weighted by molar-refractivity contribution is -0.136. The molecule has 0 unspecified atom stereocenters. The number of ether oxygens (including phenoxy) is 1. The van der Waals surface area contributed by atoms with E-state index in [9.17, 15) is 22.8 Å². The van der Waals surface area contributed by atoms with Crippen LogP contribution in [0.2, 0.25) is 0 Å². The number of esters is 1. The van der Waals surface area contributed by atoms with Crippen molar-refractivity contribution in [3.8, 4) is 0 Å². The zero-order chi connectivity index (χ0) is 12.9. The Balaban J connectivity index is 5.62. The molecule has 0 amide bonds. The van der Waals surface area contributed by atoms with E-state index < -0.39 is 29.2 Å². The van der Waals surface area contributed by atoms with Crippen molar-refractivity contribution in [1.29, 1.82) is 0 Å². The maximum absolute atomic E-state index is 12.4. The summed E-state index contributed by atoms with van der Waals surface area (Å²) in [6.45, 7) is 0.770. The molecule has 0 saturated heterocycles. The topological polar surface area (TPSA) is 79.8 Å². The van der Waals surface area contributed by atoms with Gasteiger partial charge in [-0.3, -0.25) is 4.79 Å². The molecule has 0 aliphatic rings. The molecule has 0 bridgehead atoms. The van der Waals surface area contributed by atoms with Crippen molar-refractivity contribution < 1.29 is 32.3 Å². The van der Waals surface area contributed by atoms with Gasteiger partial charge >= 0.3 is 17.9 Å². The van der Waals surface area contributed by atoms with Crippen molar-refractivity contribution in [3.63, 3.8) is 0 Å². The highest BCUT2D eigenvalue weighted by Crippen LogP contribution is 2.26. The molecule has 0 aromatic rings. The average Bonchev–Trinajstić information content (AvgIpc) is 2.15. The highest BCUT2D eigenvalue weighted by Gasteiger charge is 2.44. The molecule has 0 spiro atoms. The van der Waals surface area contributed by atoms with Crippen LogP contribution < -0.4 is 0 Å². The zero-order valence-corrected chi connectivity index (χ0v) is 8.33. The molecule has 0 fully saturated rings. The number of methoxy groups -OCH3 is 1. The highest BCUT2D eigenvalue weighted by molar-refractivity contribution is 6.43. The lowest BCUT2D eigenvalue weighted by atomic mass is 10.1. The van der Waals surface area contributed by atoms with E-state index in [2.05, 4.69) is 9.53 Å². The van der Waals surface area contributed by atoms with Crippen LogP contribution in [0.15, 0.2) is 11.6 Å². The molecule has 0 saturated carbocycles. The summed E-state index contributed by atoms with van der Waals surface area (Å²) in [5, 5.41) is 0. The number of hydrogen-bond acceptors (Lipinski definition) is 3. The number of halogens is 3. The minimum atomic E-state index is -5.00. The molecule has 0 heterocycles. The van der Waals surface area contributed by atoms with Crippen LogP contribution >= 0.6 is 0 Å². The van der Waals surface area contributed by atoms with Gasteiger partial charge in [-0.1, -0.05) is 0 Å². The molecule has 5 nitrogen and oxygen atoms in total. The summed E-state index contributed by atoms with van der Waals surface area (Å²) in [7, 11) is 0.871. The van der Waals surface area contributed by atoms with E-state index in [1.807, 2.05) is 0 Å². The quantitative estimate of drug-likeness (QED) is 0.240. The number of carbonyl (C=O) groups is 2. The van der Waals surface area contributed by atoms with Crippen molar-refractivity contribution in [2.24, 2.45) is 0 Å². The Bertz CT molecular complexity index is 392. The molecule has 88 valence electrons. The third-order valence-corrected chi connectivity index (χ3v) is 1.46. The van der Waals surface area contributed by atoms with E-state index in [0.717, 1.165) is 14.0 Å². The van der Waals surface area contributed by atoms with Crippen LogP contribution in [0.25, 0.3) is 5.53 Å². The van der Waals surface area contributed by atoms with Gasteiger partial charge in [0.05, 0.1) is 7.11 Å². The van der Waals surface area contributed by atoms with Crippen LogP contribution in [-0.4, -0.2) is 35.5 Å². The summed E-state index contributed by atoms with van der Waals surface area (Å²) in [6.07, 6.45) is -4.96. The summed E-state index contributed by atoms with van der Waals surface area (Å²) in [5.74, 6) is -2.44. The van der Waals surface area contributed by atoms with Crippen molar-refractivity contribution in [3.05, 3.63) is 17.2 Å². The molecule has 0 radical (unpaired) electrons. The van der Waals surface area contributed by atoms with Crippen molar-refractivity contribution in [2.45, 2.75) is 13.1 Å². The molecular weight excluding hydrogens is 229 g/mol. The predicted molar refractivity (Wildman–Crippen MR) is 45.5 cm³/mol. The lowest BCUT2D eigenvalue weighted by Crippen LogP contribution is -2.27. The molecule has 0 aliphatic heterocycles. The molecule has 0 atom stereocenters. The maximum atomic E-state index is 12.4. The molecule has 0 aromatic carbocycles. The van der Waals surface area contributed by atoms with Gasteiger partial charge in [-0.05, 0) is 0 Å². The fourth-order valence-electron chi connectivity index (χ4n) is 0.775. The summed E-state index contributed by atoms with van der Waals surface area (Å²) in [4.78, 5) is 23.6. The SMILES string of the molecule is COC(=O)C=C(C(=[N+]=[N-])C(C)=O)C(F)(F)F. The van der Waals surface area contributed by atoms with Gasteiger partial charge in [-0.15, -0.1) is 0 Å². The minimum Gasteiger partial charge on any atom is -0.466 e. The van der Waals surface area contributed by atoms with Crippen LogP contribution in [0, 0.1) is 0 Å². The zero-order valence-electron chi connectivity index (χ0n) is 8.33. The molecule has 0 aliphatic carbocycles. The second-order valence-electron chi connectivity index (χ2n) is 2.58. The van der Waals surface area contributed by atoms with Gasteiger partial charge in [0.1, 0.15) is 0 Å². The van der Waals surface area contributed by atoms with Gasteiger partial charge in [-0.2, -0.15) is 18.0 Å². The standard InChI is InChI=1S/C8H7F3N2O3/c1-4(14)7(13-12)5(8(9,10)11)3-6(15)16-2/h3H,1-2H3. The van der Waals surface area contributed by atoms with Gasteiger partial charge in [0.15, 0.2) is 5.57 Å². The van der Waals surface area contributed by atoms with Crippen LogP contribution in [0.3, 0.4) is 0 Å². The Morgan fingerprint density at radius 2 is 1.88 bits per heavy atom. The first-order valence-corrected chi connectivity index (χ1v) is 3.84. The molecule has 16 heavy (non-hydrogen) atoms. The summed E-state index contributed by atoms with van der Waals surface area (Å²) in [5.41, 5.74) is 5.38. The van der Waals surface area contributed by atoms with Crippen LogP contribution in [0.5, 0.6) is 0 Å². The number of carbonyl (C=O) groups excluding carboxylic acids is 2. The third-order valence-electron chi connectivity index (χ3n) is 1.46. The second-order valence-corrected chi connectivity index (χ2v) is 2.58. The van der Waals surface area contributed by atoms with E-state index in [1.54, 1.807) is 0 Å². The highest BCUT2D eigenvalue weighted by atomic mass is 19.4. The Hall–Kier alpha value is -1.95. The number of rotatable bonds is 3. The molecule has 8 heteroatoms. The van der Waals surface area contributed by atoms with Gasteiger partial charge in [0, 0.05) is 13.0 Å². The monoisotopic (exact) mass is 236 g/mol. The first-order chi connectivity index (χ1) is 7.23. The maximum Gasteiger partial charge on any atom is 0.424 e. The molecule has 0 rings (SSSR count). The van der Waals surface area contributed by atoms with E-state index in [-0.39, 0.29) is 6.08 Å². The van der Waals surface area contributed by atoms with Crippen LogP contribution in [0.1, 0.15) is 6.92 Å². The Morgan fingerprint density at radius 1 is 1.38 bits per heavy atom. The minimum absolute atomic E-state index is 0.0381. The smallest absolute Gasteiger partial charge is 0.424 e. The van der Waals surface area contributed by atoms with E-state index in [1.165, 1.54) is 0 Å². The van der Waals surface area contributed by atoms with Crippen LogP contribution in [0.4, 0.5) is 13.2 Å². The van der Waals surface area contributed by atoms with Gasteiger partial charge in [0.25, 0.3) is 0 Å². The summed E-state index contributed by atoms with van der Waals surface area (Å²) < 4.78 is 41.2. The van der Waals surface area contributed by atoms with Crippen LogP contribution in [-0.2, 0) is 14.3 Å². The van der Waals surface area contributed by atoms with E-state index in [4.69, 9.17) is 5.53 Å². The van der Waals surface area contributed by atoms with Crippen molar-refractivity contribution in [2.75, 3.05) is 7.11 Å². The lowest BCUT2D eigenvalue weighted by Gasteiger charge is -2.05. The summed E-state index contributed by atoms with van der Waals surface area (Å²) in [6, 6.07) is 0. The normalized spacial score (nSPS) is 11.7. The molecule has 0 aromatic heterocycles. The first kappa shape index (κ1) is 14.1. The van der Waals surface area contributed by atoms with Crippen molar-refractivity contribution >= 4 is 17.5 Å². The number of nitrogens with zero attached hydrogens (tertiary/aromatic N) is 2. The van der Waals surface area contributed by atoms with Gasteiger partial charge in [0.2, 0.25) is 5.78 Å². The van der Waals surface area contributed by atoms with Crippen molar-refractivity contribution in [1.82, 2.24) is 0 Å². The van der Waals surface area contributed by atoms with Gasteiger partial charge in [-0.25, -0.2) is 4.79 Å². The number of allylic oxidation sites excluding steroid dienone is 1. The predicted octanol–water partition coefficient (Wildman–Crippen LogP) is 0.908. The Kier molecular flexibility index (Phi) is 4.59. The van der Waals surface area contributed by atoms with E-state index in [0.29, 0.717) is 0 Å². The number of Topliss-reactive ketones (excluding diaryl/α,β-unsaturated/α-hetero) is 1. The van der Waals surface area contributed by atoms with Gasteiger partial charge < -0.3 is 10.3 Å². The average molecular weight is 236 g/mol. The fourth-order valence-corrected chi connectivity index (χ4v) is 0.775. The number of alkyl halides is 3. The Labute approximate surface area is 88.1 Å². The number of hydrogen-bond donors (Lipinski definition) is 0.